The number of nitrogens with zero attached hydrogens (tertiary/aromatic N) is 1. The highest BCUT2D eigenvalue weighted by Crippen LogP contribution is 2.26. The van der Waals surface area contributed by atoms with Gasteiger partial charge in [0.05, 0.1) is 5.56 Å². The second-order valence-corrected chi connectivity index (χ2v) is 4.96. The zero-order chi connectivity index (χ0) is 13.8. The maximum Gasteiger partial charge on any atom is 0.337 e. The quantitative estimate of drug-likeness (QED) is 0.811. The van der Waals surface area contributed by atoms with E-state index in [2.05, 4.69) is 4.90 Å². The number of aromatic carboxylic acids is 1. The van der Waals surface area contributed by atoms with Crippen LogP contribution in [0.2, 0.25) is 0 Å². The van der Waals surface area contributed by atoms with Crippen LogP contribution < -0.4 is 10.6 Å². The van der Waals surface area contributed by atoms with Crippen molar-refractivity contribution in [3.63, 3.8) is 0 Å². The number of piperidine rings is 1. The molecule has 5 heteroatoms. The molecule has 1 saturated heterocycles. The molecule has 0 spiro atoms. The minimum absolute atomic E-state index is 0.165. The Morgan fingerprint density at radius 2 is 2.16 bits per heavy atom. The number of carbonyl (C=O) groups is 1. The molecule has 1 aromatic rings. The van der Waals surface area contributed by atoms with Crippen LogP contribution in [0.3, 0.4) is 0 Å². The molecule has 0 aliphatic carbocycles. The van der Waals surface area contributed by atoms with E-state index in [4.69, 9.17) is 15.6 Å². The lowest BCUT2D eigenvalue weighted by Gasteiger charge is -2.33. The average molecular weight is 264 g/mol. The Bertz CT molecular complexity index is 454. The number of ether oxygens (including phenoxy) is 1. The largest absolute Gasteiger partial charge is 0.478 e. The summed E-state index contributed by atoms with van der Waals surface area (Å²) in [6.45, 7) is 2.73. The molecule has 19 heavy (non-hydrogen) atoms. The Hall–Kier alpha value is -1.75. The number of hydrogen-bond acceptors (Lipinski definition) is 4. The van der Waals surface area contributed by atoms with Gasteiger partial charge in [0.25, 0.3) is 0 Å². The van der Waals surface area contributed by atoms with E-state index in [0.717, 1.165) is 38.2 Å². The first-order chi connectivity index (χ1) is 9.11. The number of carboxylic acid groups (broad SMARTS) is 1. The maximum atomic E-state index is 10.9. The molecule has 1 heterocycles. The predicted molar refractivity (Wildman–Crippen MR) is 74.6 cm³/mol. The normalized spacial score (nSPS) is 16.6. The van der Waals surface area contributed by atoms with Crippen molar-refractivity contribution in [2.75, 3.05) is 37.4 Å². The first kappa shape index (κ1) is 13.7. The molecule has 1 aliphatic heterocycles. The second-order valence-electron chi connectivity index (χ2n) is 4.96. The molecule has 0 amide bonds. The van der Waals surface area contributed by atoms with E-state index in [1.165, 1.54) is 0 Å². The topological polar surface area (TPSA) is 75.8 Å². The molecule has 1 aliphatic rings. The van der Waals surface area contributed by atoms with Crippen LogP contribution >= 0.6 is 0 Å². The summed E-state index contributed by atoms with van der Waals surface area (Å²) in [6, 6.07) is 5.16. The lowest BCUT2D eigenvalue weighted by atomic mass is 9.97. The first-order valence-corrected chi connectivity index (χ1v) is 6.48. The first-order valence-electron chi connectivity index (χ1n) is 6.48. The summed E-state index contributed by atoms with van der Waals surface area (Å²) >= 11 is 0. The van der Waals surface area contributed by atoms with E-state index < -0.39 is 5.97 Å². The van der Waals surface area contributed by atoms with Crippen molar-refractivity contribution in [2.24, 2.45) is 5.92 Å². The molecular formula is C14H20N2O3. The lowest BCUT2D eigenvalue weighted by molar-refractivity contribution is 0.0698. The van der Waals surface area contributed by atoms with Crippen LogP contribution in [0.4, 0.5) is 11.4 Å². The number of hydrogen-bond donors (Lipinski definition) is 2. The highest BCUT2D eigenvalue weighted by Gasteiger charge is 2.20. The summed E-state index contributed by atoms with van der Waals surface area (Å²) in [4.78, 5) is 13.2. The smallest absolute Gasteiger partial charge is 0.337 e. The number of nitrogen functional groups attached to an aromatic ring is 1. The molecule has 5 nitrogen and oxygen atoms in total. The van der Waals surface area contributed by atoms with Crippen LogP contribution in [0.5, 0.6) is 0 Å². The number of anilines is 2. The summed E-state index contributed by atoms with van der Waals surface area (Å²) in [5, 5.41) is 8.95. The predicted octanol–water partition coefficient (Wildman–Crippen LogP) is 1.83. The van der Waals surface area contributed by atoms with Gasteiger partial charge >= 0.3 is 5.97 Å². The van der Waals surface area contributed by atoms with E-state index in [1.807, 2.05) is 6.07 Å². The van der Waals surface area contributed by atoms with Crippen LogP contribution in [0.25, 0.3) is 0 Å². The standard InChI is InChI=1S/C14H20N2O3/c1-19-9-10-4-6-16(7-5-10)11-2-3-12(14(17)18)13(15)8-11/h2-3,8,10H,4-7,9,15H2,1H3,(H,17,18). The van der Waals surface area contributed by atoms with Crippen molar-refractivity contribution in [2.45, 2.75) is 12.8 Å². The van der Waals surface area contributed by atoms with Gasteiger partial charge in [-0.2, -0.15) is 0 Å². The van der Waals surface area contributed by atoms with Gasteiger partial charge in [0.2, 0.25) is 0 Å². The Morgan fingerprint density at radius 3 is 2.68 bits per heavy atom. The summed E-state index contributed by atoms with van der Waals surface area (Å²) in [7, 11) is 1.73. The summed E-state index contributed by atoms with van der Waals surface area (Å²) in [5.41, 5.74) is 7.26. The Kier molecular flexibility index (Phi) is 4.27. The van der Waals surface area contributed by atoms with Crippen molar-refractivity contribution < 1.29 is 14.6 Å². The number of carboxylic acids is 1. The highest BCUT2D eigenvalue weighted by molar-refractivity contribution is 5.94. The van der Waals surface area contributed by atoms with E-state index in [-0.39, 0.29) is 5.56 Å². The summed E-state index contributed by atoms with van der Waals surface area (Å²) in [5.74, 6) is -0.361. The van der Waals surface area contributed by atoms with Crippen LogP contribution in [-0.4, -0.2) is 37.9 Å². The zero-order valence-corrected chi connectivity index (χ0v) is 11.1. The molecule has 0 aromatic heterocycles. The third-order valence-electron chi connectivity index (χ3n) is 3.65. The SMILES string of the molecule is COCC1CCN(c2ccc(C(=O)O)c(N)c2)CC1. The molecule has 3 N–H and O–H groups in total. The minimum atomic E-state index is -0.983. The van der Waals surface area contributed by atoms with E-state index in [1.54, 1.807) is 19.2 Å². The number of rotatable bonds is 4. The summed E-state index contributed by atoms with van der Waals surface area (Å²) in [6.07, 6.45) is 2.18. The molecule has 104 valence electrons. The van der Waals surface area contributed by atoms with Crippen LogP contribution in [0, 0.1) is 5.92 Å². The average Bonchev–Trinajstić information content (AvgIpc) is 2.39. The van der Waals surface area contributed by atoms with Gasteiger partial charge in [0.15, 0.2) is 0 Å². The molecule has 1 fully saturated rings. The van der Waals surface area contributed by atoms with E-state index >= 15 is 0 Å². The minimum Gasteiger partial charge on any atom is -0.478 e. The van der Waals surface area contributed by atoms with Gasteiger partial charge < -0.3 is 20.5 Å². The molecule has 1 aromatic carbocycles. The van der Waals surface area contributed by atoms with Crippen molar-refractivity contribution in [3.8, 4) is 0 Å². The fraction of sp³-hybridized carbons (Fsp3) is 0.500. The number of nitrogens with two attached hydrogens (primary N) is 1. The molecular weight excluding hydrogens is 244 g/mol. The zero-order valence-electron chi connectivity index (χ0n) is 11.1. The third kappa shape index (κ3) is 3.17. The molecule has 0 atom stereocenters. The van der Waals surface area contributed by atoms with Crippen molar-refractivity contribution in [1.82, 2.24) is 0 Å². The van der Waals surface area contributed by atoms with Crippen LogP contribution in [0.1, 0.15) is 23.2 Å². The van der Waals surface area contributed by atoms with Crippen LogP contribution in [0.15, 0.2) is 18.2 Å². The van der Waals surface area contributed by atoms with Crippen molar-refractivity contribution >= 4 is 17.3 Å². The lowest BCUT2D eigenvalue weighted by Crippen LogP contribution is -2.35. The van der Waals surface area contributed by atoms with Gasteiger partial charge in [0, 0.05) is 38.2 Å². The Labute approximate surface area is 113 Å². The van der Waals surface area contributed by atoms with E-state index in [9.17, 15) is 4.79 Å². The molecule has 0 bridgehead atoms. The monoisotopic (exact) mass is 264 g/mol. The fourth-order valence-electron chi connectivity index (χ4n) is 2.54. The highest BCUT2D eigenvalue weighted by atomic mass is 16.5. The van der Waals surface area contributed by atoms with Gasteiger partial charge in [-0.05, 0) is 37.0 Å². The fourth-order valence-corrected chi connectivity index (χ4v) is 2.54. The third-order valence-corrected chi connectivity index (χ3v) is 3.65. The van der Waals surface area contributed by atoms with Gasteiger partial charge in [-0.15, -0.1) is 0 Å². The number of methoxy groups -OCH3 is 1. The van der Waals surface area contributed by atoms with Gasteiger partial charge in [0.1, 0.15) is 0 Å². The molecule has 0 saturated carbocycles. The second kappa shape index (κ2) is 5.93. The van der Waals surface area contributed by atoms with Crippen LogP contribution in [-0.2, 0) is 4.74 Å². The van der Waals surface area contributed by atoms with Gasteiger partial charge in [-0.25, -0.2) is 4.79 Å². The van der Waals surface area contributed by atoms with Crippen molar-refractivity contribution in [1.29, 1.82) is 0 Å². The van der Waals surface area contributed by atoms with Gasteiger partial charge in [-0.3, -0.25) is 0 Å². The maximum absolute atomic E-state index is 10.9. The molecule has 2 rings (SSSR count). The number of benzene rings is 1. The summed E-state index contributed by atoms with van der Waals surface area (Å²) < 4.78 is 5.18. The Morgan fingerprint density at radius 1 is 1.47 bits per heavy atom. The Balaban J connectivity index is 2.04. The van der Waals surface area contributed by atoms with E-state index in [0.29, 0.717) is 11.6 Å². The van der Waals surface area contributed by atoms with Crippen molar-refractivity contribution in [3.05, 3.63) is 23.8 Å². The molecule has 0 unspecified atom stereocenters. The molecule has 0 radical (unpaired) electrons. The van der Waals surface area contributed by atoms with Gasteiger partial charge in [-0.1, -0.05) is 0 Å².